The fraction of sp³-hybridized carbons (Fsp3) is 0.350. The number of rotatable bonds is 8. The Labute approximate surface area is 144 Å². The molecular formula is C20H26N2O2. The zero-order chi connectivity index (χ0) is 17.4. The third-order valence-corrected chi connectivity index (χ3v) is 3.90. The second kappa shape index (κ2) is 9.08. The van der Waals surface area contributed by atoms with E-state index in [2.05, 4.69) is 10.6 Å². The minimum atomic E-state index is -0.173. The van der Waals surface area contributed by atoms with Crippen molar-refractivity contribution in [3.8, 4) is 5.75 Å². The van der Waals surface area contributed by atoms with Gasteiger partial charge in [0.1, 0.15) is 5.75 Å². The number of amides is 1. The molecule has 0 saturated heterocycles. The molecule has 0 spiro atoms. The number of hydrogen-bond acceptors (Lipinski definition) is 3. The third kappa shape index (κ3) is 4.83. The molecule has 0 heterocycles. The zero-order valence-electron chi connectivity index (χ0n) is 14.6. The Morgan fingerprint density at radius 3 is 2.25 bits per heavy atom. The Bertz CT molecular complexity index is 626. The maximum absolute atomic E-state index is 12.5. The van der Waals surface area contributed by atoms with Gasteiger partial charge in [0.15, 0.2) is 0 Å². The second-order valence-corrected chi connectivity index (χ2v) is 5.81. The molecule has 0 aliphatic rings. The molecule has 2 unspecified atom stereocenters. The molecule has 1 amide bonds. The van der Waals surface area contributed by atoms with Crippen LogP contribution in [0.3, 0.4) is 0 Å². The van der Waals surface area contributed by atoms with Crippen LogP contribution >= 0.6 is 0 Å². The van der Waals surface area contributed by atoms with Gasteiger partial charge in [-0.1, -0.05) is 49.4 Å². The van der Waals surface area contributed by atoms with Crippen molar-refractivity contribution in [2.75, 3.05) is 20.2 Å². The average Bonchev–Trinajstić information content (AvgIpc) is 2.61. The van der Waals surface area contributed by atoms with Gasteiger partial charge < -0.3 is 15.4 Å². The number of carbonyl (C=O) groups is 1. The minimum Gasteiger partial charge on any atom is -0.494 e. The summed E-state index contributed by atoms with van der Waals surface area (Å²) in [5.41, 5.74) is 2.10. The van der Waals surface area contributed by atoms with Crippen molar-refractivity contribution in [1.29, 1.82) is 0 Å². The summed E-state index contributed by atoms with van der Waals surface area (Å²) >= 11 is 0. The SMILES string of the molecule is CCOc1ccc(C(NC(=O)C(C)CNC)c2ccccc2)cc1. The molecule has 2 aromatic carbocycles. The first-order valence-corrected chi connectivity index (χ1v) is 8.38. The van der Waals surface area contributed by atoms with E-state index in [1.807, 2.05) is 75.5 Å². The highest BCUT2D eigenvalue weighted by molar-refractivity contribution is 5.79. The summed E-state index contributed by atoms with van der Waals surface area (Å²) in [6, 6.07) is 17.7. The molecule has 0 bridgehead atoms. The van der Waals surface area contributed by atoms with Crippen LogP contribution in [0.4, 0.5) is 0 Å². The third-order valence-electron chi connectivity index (χ3n) is 3.90. The van der Waals surface area contributed by atoms with E-state index >= 15 is 0 Å². The van der Waals surface area contributed by atoms with Crippen LogP contribution in [0.1, 0.15) is 31.0 Å². The lowest BCUT2D eigenvalue weighted by atomic mass is 9.97. The first-order valence-electron chi connectivity index (χ1n) is 8.38. The standard InChI is InChI=1S/C20H26N2O2/c1-4-24-18-12-10-17(11-13-18)19(16-8-6-5-7-9-16)22-20(23)15(2)14-21-3/h5-13,15,19,21H,4,14H2,1-3H3,(H,22,23). The molecule has 128 valence electrons. The van der Waals surface area contributed by atoms with Gasteiger partial charge in [0.25, 0.3) is 0 Å². The monoisotopic (exact) mass is 326 g/mol. The van der Waals surface area contributed by atoms with Crippen molar-refractivity contribution in [1.82, 2.24) is 10.6 Å². The molecule has 4 nitrogen and oxygen atoms in total. The second-order valence-electron chi connectivity index (χ2n) is 5.81. The maximum atomic E-state index is 12.5. The largest absolute Gasteiger partial charge is 0.494 e. The first-order chi connectivity index (χ1) is 11.7. The van der Waals surface area contributed by atoms with Gasteiger partial charge >= 0.3 is 0 Å². The van der Waals surface area contributed by atoms with Gasteiger partial charge in [-0.15, -0.1) is 0 Å². The van der Waals surface area contributed by atoms with Crippen molar-refractivity contribution in [2.24, 2.45) is 5.92 Å². The summed E-state index contributed by atoms with van der Waals surface area (Å²) in [6.07, 6.45) is 0. The van der Waals surface area contributed by atoms with Gasteiger partial charge in [0.2, 0.25) is 5.91 Å². The smallest absolute Gasteiger partial charge is 0.224 e. The number of ether oxygens (including phenoxy) is 1. The van der Waals surface area contributed by atoms with E-state index in [0.29, 0.717) is 13.2 Å². The van der Waals surface area contributed by atoms with E-state index in [1.165, 1.54) is 0 Å². The van der Waals surface area contributed by atoms with Crippen LogP contribution in [0.5, 0.6) is 5.75 Å². The lowest BCUT2D eigenvalue weighted by Crippen LogP contribution is -2.37. The van der Waals surface area contributed by atoms with Crippen LogP contribution < -0.4 is 15.4 Å². The van der Waals surface area contributed by atoms with Gasteiger partial charge in [0, 0.05) is 12.5 Å². The average molecular weight is 326 g/mol. The van der Waals surface area contributed by atoms with Crippen molar-refractivity contribution >= 4 is 5.91 Å². The van der Waals surface area contributed by atoms with E-state index in [0.717, 1.165) is 16.9 Å². The molecular weight excluding hydrogens is 300 g/mol. The van der Waals surface area contributed by atoms with Crippen molar-refractivity contribution < 1.29 is 9.53 Å². The summed E-state index contributed by atoms with van der Waals surface area (Å²) in [5.74, 6) is 0.777. The Kier molecular flexibility index (Phi) is 6.82. The van der Waals surface area contributed by atoms with Gasteiger partial charge in [-0.2, -0.15) is 0 Å². The highest BCUT2D eigenvalue weighted by Gasteiger charge is 2.20. The quantitative estimate of drug-likeness (QED) is 0.783. The Balaban J connectivity index is 2.24. The lowest BCUT2D eigenvalue weighted by molar-refractivity contribution is -0.124. The molecule has 0 fully saturated rings. The van der Waals surface area contributed by atoms with Gasteiger partial charge in [-0.3, -0.25) is 4.79 Å². The highest BCUT2D eigenvalue weighted by Crippen LogP contribution is 2.24. The molecule has 0 aromatic heterocycles. The number of hydrogen-bond donors (Lipinski definition) is 2. The zero-order valence-corrected chi connectivity index (χ0v) is 14.6. The van der Waals surface area contributed by atoms with Crippen molar-refractivity contribution in [2.45, 2.75) is 19.9 Å². The Hall–Kier alpha value is -2.33. The number of nitrogens with one attached hydrogen (secondary N) is 2. The molecule has 0 radical (unpaired) electrons. The summed E-state index contributed by atoms with van der Waals surface area (Å²) < 4.78 is 5.50. The predicted molar refractivity (Wildman–Crippen MR) is 97.1 cm³/mol. The lowest BCUT2D eigenvalue weighted by Gasteiger charge is -2.22. The van der Waals surface area contributed by atoms with Crippen LogP contribution in [-0.4, -0.2) is 26.1 Å². The number of benzene rings is 2. The molecule has 4 heteroatoms. The molecule has 2 N–H and O–H groups in total. The topological polar surface area (TPSA) is 50.4 Å². The maximum Gasteiger partial charge on any atom is 0.224 e. The van der Waals surface area contributed by atoms with Gasteiger partial charge in [-0.05, 0) is 37.2 Å². The van der Waals surface area contributed by atoms with Gasteiger partial charge in [0.05, 0.1) is 12.6 Å². The predicted octanol–water partition coefficient (Wildman–Crippen LogP) is 3.15. The van der Waals surface area contributed by atoms with E-state index < -0.39 is 0 Å². The fourth-order valence-electron chi connectivity index (χ4n) is 2.61. The molecule has 0 aliphatic heterocycles. The van der Waals surface area contributed by atoms with Gasteiger partial charge in [-0.25, -0.2) is 0 Å². The summed E-state index contributed by atoms with van der Waals surface area (Å²) in [7, 11) is 1.85. The Morgan fingerprint density at radius 1 is 1.04 bits per heavy atom. The minimum absolute atomic E-state index is 0.0343. The van der Waals surface area contributed by atoms with E-state index in [-0.39, 0.29) is 17.9 Å². The van der Waals surface area contributed by atoms with E-state index in [1.54, 1.807) is 0 Å². The highest BCUT2D eigenvalue weighted by atomic mass is 16.5. The molecule has 2 aromatic rings. The van der Waals surface area contributed by atoms with Crippen molar-refractivity contribution in [3.63, 3.8) is 0 Å². The van der Waals surface area contributed by atoms with E-state index in [9.17, 15) is 4.79 Å². The summed E-state index contributed by atoms with van der Waals surface area (Å²) in [6.45, 7) is 5.17. The summed E-state index contributed by atoms with van der Waals surface area (Å²) in [5, 5.41) is 6.21. The van der Waals surface area contributed by atoms with Crippen LogP contribution in [0.25, 0.3) is 0 Å². The van der Waals surface area contributed by atoms with E-state index in [4.69, 9.17) is 4.74 Å². The molecule has 2 atom stereocenters. The van der Waals surface area contributed by atoms with Crippen LogP contribution in [0.2, 0.25) is 0 Å². The Morgan fingerprint density at radius 2 is 1.67 bits per heavy atom. The van der Waals surface area contributed by atoms with Crippen LogP contribution in [0, 0.1) is 5.92 Å². The fourth-order valence-corrected chi connectivity index (χ4v) is 2.61. The van der Waals surface area contributed by atoms with Crippen LogP contribution in [-0.2, 0) is 4.79 Å². The normalized spacial score (nSPS) is 13.1. The number of carbonyl (C=O) groups excluding carboxylic acids is 1. The summed E-state index contributed by atoms with van der Waals surface area (Å²) in [4.78, 5) is 12.5. The van der Waals surface area contributed by atoms with Crippen LogP contribution in [0.15, 0.2) is 54.6 Å². The molecule has 24 heavy (non-hydrogen) atoms. The molecule has 2 rings (SSSR count). The molecule has 0 saturated carbocycles. The molecule has 0 aliphatic carbocycles. The van der Waals surface area contributed by atoms with Crippen molar-refractivity contribution in [3.05, 3.63) is 65.7 Å². The first kappa shape index (κ1) is 18.0.